The molecule has 0 spiro atoms. The van der Waals surface area contributed by atoms with E-state index in [1.807, 2.05) is 25.1 Å². The standard InChI is InChI=1S/C21H27F2N3O3.HI/c1-5-28-17-8-6-7-16(19(17)29-20(22)23)13-26-21(24-3)25-12-15-10-9-14(2)18(11-15)27-4;/h6-11,20H,5,12-13H2,1-4H3,(H2,24,25,26);1H. The molecule has 2 aromatic rings. The second-order valence-corrected chi connectivity index (χ2v) is 6.14. The maximum atomic E-state index is 12.8. The van der Waals surface area contributed by atoms with Gasteiger partial charge in [0, 0.05) is 25.7 Å². The number of methoxy groups -OCH3 is 1. The summed E-state index contributed by atoms with van der Waals surface area (Å²) in [5, 5.41) is 6.30. The number of aryl methyl sites for hydroxylation is 1. The van der Waals surface area contributed by atoms with Crippen molar-refractivity contribution in [3.8, 4) is 17.2 Å². The third-order valence-corrected chi connectivity index (χ3v) is 4.17. The lowest BCUT2D eigenvalue weighted by atomic mass is 10.1. The molecule has 0 aliphatic heterocycles. The minimum atomic E-state index is -2.94. The number of hydrogen-bond donors (Lipinski definition) is 2. The molecule has 9 heteroatoms. The van der Waals surface area contributed by atoms with Gasteiger partial charge < -0.3 is 24.8 Å². The Bertz CT molecular complexity index is 835. The maximum absolute atomic E-state index is 12.8. The van der Waals surface area contributed by atoms with E-state index in [0.717, 1.165) is 16.9 Å². The topological polar surface area (TPSA) is 64.1 Å². The highest BCUT2D eigenvalue weighted by Gasteiger charge is 2.16. The van der Waals surface area contributed by atoms with Crippen molar-refractivity contribution >= 4 is 29.9 Å². The normalized spacial score (nSPS) is 11.0. The third-order valence-electron chi connectivity index (χ3n) is 4.17. The van der Waals surface area contributed by atoms with Crippen molar-refractivity contribution in [3.05, 3.63) is 53.1 Å². The number of guanidine groups is 1. The molecule has 0 aliphatic carbocycles. The third kappa shape index (κ3) is 7.51. The van der Waals surface area contributed by atoms with Gasteiger partial charge in [-0.15, -0.1) is 24.0 Å². The maximum Gasteiger partial charge on any atom is 0.387 e. The molecular formula is C21H28F2IN3O3. The zero-order valence-corrected chi connectivity index (χ0v) is 19.8. The summed E-state index contributed by atoms with van der Waals surface area (Å²) in [7, 11) is 3.27. The number of rotatable bonds is 9. The fraction of sp³-hybridized carbons (Fsp3) is 0.381. The Hall–Kier alpha value is -2.30. The molecule has 0 saturated heterocycles. The first-order valence-corrected chi connectivity index (χ1v) is 9.26. The molecule has 0 bridgehead atoms. The van der Waals surface area contributed by atoms with E-state index >= 15 is 0 Å². The molecule has 6 nitrogen and oxygen atoms in total. The summed E-state index contributed by atoms with van der Waals surface area (Å²) in [6, 6.07) is 11.0. The van der Waals surface area contributed by atoms with Crippen LogP contribution in [0.25, 0.3) is 0 Å². The van der Waals surface area contributed by atoms with E-state index in [9.17, 15) is 8.78 Å². The van der Waals surface area contributed by atoms with Crippen LogP contribution in [-0.2, 0) is 13.1 Å². The van der Waals surface area contributed by atoms with Crippen molar-refractivity contribution in [1.82, 2.24) is 10.6 Å². The smallest absolute Gasteiger partial charge is 0.387 e. The summed E-state index contributed by atoms with van der Waals surface area (Å²) in [6.45, 7) is 1.92. The number of nitrogens with zero attached hydrogens (tertiary/aromatic N) is 1. The van der Waals surface area contributed by atoms with E-state index < -0.39 is 6.61 Å². The lowest BCUT2D eigenvalue weighted by Crippen LogP contribution is -2.36. The Morgan fingerprint density at radius 3 is 2.47 bits per heavy atom. The van der Waals surface area contributed by atoms with E-state index in [1.165, 1.54) is 0 Å². The molecule has 2 N–H and O–H groups in total. The minimum Gasteiger partial charge on any atom is -0.496 e. The fourth-order valence-corrected chi connectivity index (χ4v) is 2.75. The molecule has 0 aliphatic rings. The molecule has 0 atom stereocenters. The van der Waals surface area contributed by atoms with Gasteiger partial charge in [-0.05, 0) is 37.1 Å². The van der Waals surface area contributed by atoms with Crippen molar-refractivity contribution in [3.63, 3.8) is 0 Å². The van der Waals surface area contributed by atoms with E-state index in [4.69, 9.17) is 9.47 Å². The average molecular weight is 535 g/mol. The van der Waals surface area contributed by atoms with E-state index in [2.05, 4.69) is 20.4 Å². The SMILES string of the molecule is CCOc1cccc(CNC(=NC)NCc2ccc(C)c(OC)c2)c1OC(F)F.I. The van der Waals surface area contributed by atoms with Crippen LogP contribution in [0.1, 0.15) is 23.6 Å². The van der Waals surface area contributed by atoms with Gasteiger partial charge in [0.2, 0.25) is 0 Å². The molecule has 0 fully saturated rings. The zero-order chi connectivity index (χ0) is 21.2. The fourth-order valence-electron chi connectivity index (χ4n) is 2.75. The molecule has 0 amide bonds. The number of nitrogens with one attached hydrogen (secondary N) is 2. The number of para-hydroxylation sites is 1. The highest BCUT2D eigenvalue weighted by Crippen LogP contribution is 2.32. The molecular weight excluding hydrogens is 507 g/mol. The number of benzene rings is 2. The molecule has 0 heterocycles. The Morgan fingerprint density at radius 2 is 1.83 bits per heavy atom. The summed E-state index contributed by atoms with van der Waals surface area (Å²) < 4.78 is 41.1. The quantitative estimate of drug-likeness (QED) is 0.282. The van der Waals surface area contributed by atoms with Crippen molar-refractivity contribution in [2.45, 2.75) is 33.5 Å². The molecule has 2 aromatic carbocycles. The van der Waals surface area contributed by atoms with Crippen molar-refractivity contribution in [2.75, 3.05) is 20.8 Å². The summed E-state index contributed by atoms with van der Waals surface area (Å²) in [5.74, 6) is 1.64. The summed E-state index contributed by atoms with van der Waals surface area (Å²) in [6.07, 6.45) is 0. The summed E-state index contributed by atoms with van der Waals surface area (Å²) >= 11 is 0. The molecule has 2 rings (SSSR count). The first-order valence-electron chi connectivity index (χ1n) is 9.26. The van der Waals surface area contributed by atoms with Crippen LogP contribution in [0.15, 0.2) is 41.4 Å². The lowest BCUT2D eigenvalue weighted by molar-refractivity contribution is -0.0520. The monoisotopic (exact) mass is 535 g/mol. The lowest BCUT2D eigenvalue weighted by Gasteiger charge is -2.17. The first kappa shape index (κ1) is 25.7. The van der Waals surface area contributed by atoms with Crippen LogP contribution in [0.4, 0.5) is 8.78 Å². The molecule has 0 radical (unpaired) electrons. The van der Waals surface area contributed by atoms with Crippen molar-refractivity contribution < 1.29 is 23.0 Å². The highest BCUT2D eigenvalue weighted by molar-refractivity contribution is 14.0. The van der Waals surface area contributed by atoms with Crippen LogP contribution in [0, 0.1) is 6.92 Å². The summed E-state index contributed by atoms with van der Waals surface area (Å²) in [5.41, 5.74) is 2.62. The van der Waals surface area contributed by atoms with E-state index in [-0.39, 0.29) is 42.0 Å². The van der Waals surface area contributed by atoms with Gasteiger partial charge in [0.25, 0.3) is 0 Å². The minimum absolute atomic E-state index is 0. The van der Waals surface area contributed by atoms with Crippen LogP contribution in [0.3, 0.4) is 0 Å². The average Bonchev–Trinajstić information content (AvgIpc) is 2.71. The van der Waals surface area contributed by atoms with Crippen LogP contribution in [-0.4, -0.2) is 33.3 Å². The Kier molecular flexibility index (Phi) is 11.2. The van der Waals surface area contributed by atoms with Crippen LogP contribution >= 0.6 is 24.0 Å². The second kappa shape index (κ2) is 13.1. The molecule has 166 valence electrons. The van der Waals surface area contributed by atoms with Gasteiger partial charge in [0.1, 0.15) is 5.75 Å². The molecule has 0 unspecified atom stereocenters. The number of ether oxygens (including phenoxy) is 3. The molecule has 30 heavy (non-hydrogen) atoms. The van der Waals surface area contributed by atoms with Gasteiger partial charge in [0.15, 0.2) is 17.5 Å². The Balaban J connectivity index is 0.00000450. The van der Waals surface area contributed by atoms with Crippen molar-refractivity contribution in [1.29, 1.82) is 0 Å². The Morgan fingerprint density at radius 1 is 1.10 bits per heavy atom. The van der Waals surface area contributed by atoms with Gasteiger partial charge in [-0.25, -0.2) is 0 Å². The van der Waals surface area contributed by atoms with Gasteiger partial charge in [0.05, 0.1) is 13.7 Å². The highest BCUT2D eigenvalue weighted by atomic mass is 127. The molecule has 0 saturated carbocycles. The largest absolute Gasteiger partial charge is 0.496 e. The number of halogens is 3. The predicted molar refractivity (Wildman–Crippen MR) is 124 cm³/mol. The van der Waals surface area contributed by atoms with E-state index in [0.29, 0.717) is 24.7 Å². The molecule has 0 aromatic heterocycles. The second-order valence-electron chi connectivity index (χ2n) is 6.14. The number of aliphatic imine (C=N–C) groups is 1. The van der Waals surface area contributed by atoms with Crippen LogP contribution < -0.4 is 24.8 Å². The number of hydrogen-bond acceptors (Lipinski definition) is 4. The number of alkyl halides is 2. The van der Waals surface area contributed by atoms with Gasteiger partial charge in [-0.3, -0.25) is 4.99 Å². The van der Waals surface area contributed by atoms with Crippen molar-refractivity contribution in [2.24, 2.45) is 4.99 Å². The van der Waals surface area contributed by atoms with E-state index in [1.54, 1.807) is 39.3 Å². The zero-order valence-electron chi connectivity index (χ0n) is 17.5. The Labute approximate surface area is 193 Å². The van der Waals surface area contributed by atoms with Gasteiger partial charge in [-0.1, -0.05) is 24.3 Å². The summed E-state index contributed by atoms with van der Waals surface area (Å²) in [4.78, 5) is 4.17. The van der Waals surface area contributed by atoms with Gasteiger partial charge in [-0.2, -0.15) is 8.78 Å². The first-order chi connectivity index (χ1) is 14.0. The van der Waals surface area contributed by atoms with Gasteiger partial charge >= 0.3 is 6.61 Å². The van der Waals surface area contributed by atoms with Crippen LogP contribution in [0.2, 0.25) is 0 Å². The predicted octanol–water partition coefficient (Wildman–Crippen LogP) is 4.49. The van der Waals surface area contributed by atoms with Crippen LogP contribution in [0.5, 0.6) is 17.2 Å².